The Kier molecular flexibility index (Phi) is 3.39. The number of rotatable bonds is 2. The Morgan fingerprint density at radius 2 is 1.96 bits per heavy atom. The van der Waals surface area contributed by atoms with Crippen LogP contribution >= 0.6 is 0 Å². The van der Waals surface area contributed by atoms with Crippen LogP contribution in [0.15, 0.2) is 30.6 Å². The largest absolute Gasteiger partial charge is 0.505 e. The third-order valence-corrected chi connectivity index (χ3v) is 3.32. The molecule has 1 radical (unpaired) electrons. The fourth-order valence-electron chi connectivity index (χ4n) is 2.30. The minimum Gasteiger partial charge on any atom is -0.505 e. The van der Waals surface area contributed by atoms with Crippen LogP contribution in [-0.4, -0.2) is 25.6 Å². The van der Waals surface area contributed by atoms with Crippen molar-refractivity contribution in [2.24, 2.45) is 0 Å². The number of carbonyl (C=O) groups is 1. The molecular weight excluding hydrogens is 332 g/mol. The van der Waals surface area contributed by atoms with E-state index in [1.165, 1.54) is 0 Å². The lowest BCUT2D eigenvalue weighted by atomic mass is 10.0. The van der Waals surface area contributed by atoms with Crippen LogP contribution in [0.3, 0.4) is 0 Å². The van der Waals surface area contributed by atoms with Gasteiger partial charge in [-0.1, -0.05) is 6.07 Å². The first-order chi connectivity index (χ1) is 11.2. The van der Waals surface area contributed by atoms with E-state index in [2.05, 4.69) is 10.1 Å². The fourth-order valence-corrected chi connectivity index (χ4v) is 2.30. The molecule has 0 spiro atoms. The summed E-state index contributed by atoms with van der Waals surface area (Å²) in [6.07, 6.45) is -3.89. The van der Waals surface area contributed by atoms with Gasteiger partial charge < -0.3 is 5.11 Å². The highest BCUT2D eigenvalue weighted by molar-refractivity contribution is 5.95. The van der Waals surface area contributed by atoms with Gasteiger partial charge in [0.25, 0.3) is 5.91 Å². The molecule has 1 aromatic carbocycles. The van der Waals surface area contributed by atoms with E-state index >= 15 is 0 Å². The van der Waals surface area contributed by atoms with Crippen molar-refractivity contribution in [1.29, 1.82) is 0 Å². The molecule has 0 aliphatic rings. The molecule has 0 saturated heterocycles. The highest BCUT2D eigenvalue weighted by Gasteiger charge is 2.34. The molecule has 123 valence electrons. The van der Waals surface area contributed by atoms with Gasteiger partial charge >= 0.3 is 6.18 Å². The summed E-state index contributed by atoms with van der Waals surface area (Å²) in [6.45, 7) is 0. The first kappa shape index (κ1) is 15.7. The van der Waals surface area contributed by atoms with Crippen molar-refractivity contribution in [3.05, 3.63) is 47.7 Å². The van der Waals surface area contributed by atoms with E-state index in [0.29, 0.717) is 12.1 Å². The molecule has 6 nitrogen and oxygen atoms in total. The van der Waals surface area contributed by atoms with Crippen molar-refractivity contribution in [3.63, 3.8) is 0 Å². The highest BCUT2D eigenvalue weighted by Crippen LogP contribution is 2.36. The quantitative estimate of drug-likeness (QED) is 0.727. The van der Waals surface area contributed by atoms with Gasteiger partial charge in [0.15, 0.2) is 11.3 Å². The smallest absolute Gasteiger partial charge is 0.419 e. The van der Waals surface area contributed by atoms with E-state index in [9.17, 15) is 27.5 Å². The van der Waals surface area contributed by atoms with E-state index in [4.69, 9.17) is 5.73 Å². The first-order valence-electron chi connectivity index (χ1n) is 6.39. The van der Waals surface area contributed by atoms with Crippen molar-refractivity contribution in [2.75, 3.05) is 0 Å². The number of aromatic nitrogens is 3. The number of aromatic hydroxyl groups is 1. The molecule has 0 unspecified atom stereocenters. The van der Waals surface area contributed by atoms with E-state index in [1.807, 2.05) is 0 Å². The fraction of sp³-hybridized carbons (Fsp3) is 0.0714. The second-order valence-electron chi connectivity index (χ2n) is 4.81. The number of carbonyl (C=O) groups excluding carboxylic acids is 1. The van der Waals surface area contributed by atoms with E-state index in [0.717, 1.165) is 23.0 Å². The van der Waals surface area contributed by atoms with Crippen LogP contribution in [0, 0.1) is 5.82 Å². The molecule has 0 fully saturated rings. The van der Waals surface area contributed by atoms with E-state index < -0.39 is 34.9 Å². The van der Waals surface area contributed by atoms with Crippen LogP contribution in [0.2, 0.25) is 0 Å². The summed E-state index contributed by atoms with van der Waals surface area (Å²) in [7, 11) is 0. The molecule has 3 aromatic rings. The Morgan fingerprint density at radius 3 is 2.58 bits per heavy atom. The zero-order chi connectivity index (χ0) is 17.6. The number of halogens is 4. The highest BCUT2D eigenvalue weighted by atomic mass is 19.4. The Hall–Kier alpha value is -3.17. The van der Waals surface area contributed by atoms with Crippen molar-refractivity contribution in [3.8, 4) is 16.9 Å². The molecule has 0 bridgehead atoms. The second kappa shape index (κ2) is 5.18. The van der Waals surface area contributed by atoms with Gasteiger partial charge in [0.2, 0.25) is 0 Å². The summed E-state index contributed by atoms with van der Waals surface area (Å²) in [6, 6.07) is 3.28. The van der Waals surface area contributed by atoms with Gasteiger partial charge in [0.1, 0.15) is 17.9 Å². The number of fused-ring (bicyclic) bond motifs is 1. The van der Waals surface area contributed by atoms with E-state index in [-0.39, 0.29) is 16.8 Å². The Bertz CT molecular complexity index is 965. The number of hydrogen-bond acceptors (Lipinski definition) is 4. The van der Waals surface area contributed by atoms with Crippen molar-refractivity contribution in [1.82, 2.24) is 20.3 Å². The lowest BCUT2D eigenvalue weighted by Gasteiger charge is -2.12. The Morgan fingerprint density at radius 1 is 1.25 bits per heavy atom. The lowest BCUT2D eigenvalue weighted by Crippen LogP contribution is -2.10. The number of hydrogen-bond donors (Lipinski definition) is 1. The third-order valence-electron chi connectivity index (χ3n) is 3.32. The predicted octanol–water partition coefficient (Wildman–Crippen LogP) is 2.68. The molecule has 10 heteroatoms. The van der Waals surface area contributed by atoms with Crippen LogP contribution in [0.25, 0.3) is 16.8 Å². The maximum Gasteiger partial charge on any atom is 0.419 e. The molecule has 0 saturated carbocycles. The van der Waals surface area contributed by atoms with Gasteiger partial charge in [0, 0.05) is 5.56 Å². The number of alkyl halides is 3. The molecular formula is C14H7F4N4O2. The zero-order valence-corrected chi connectivity index (χ0v) is 11.6. The normalized spacial score (nSPS) is 11.8. The molecule has 0 atom stereocenters. The van der Waals surface area contributed by atoms with Crippen LogP contribution in [0.1, 0.15) is 16.1 Å². The summed E-state index contributed by atoms with van der Waals surface area (Å²) in [5, 5.41) is 13.6. The molecule has 0 aliphatic carbocycles. The average Bonchev–Trinajstić information content (AvgIpc) is 2.94. The average molecular weight is 339 g/mol. The van der Waals surface area contributed by atoms with Crippen LogP contribution in [-0.2, 0) is 6.18 Å². The van der Waals surface area contributed by atoms with Gasteiger partial charge in [-0.3, -0.25) is 10.5 Å². The number of amides is 1. The second-order valence-corrected chi connectivity index (χ2v) is 4.81. The summed E-state index contributed by atoms with van der Waals surface area (Å²) < 4.78 is 52.8. The van der Waals surface area contributed by atoms with Crippen molar-refractivity contribution < 1.29 is 27.5 Å². The molecule has 2 heterocycles. The van der Waals surface area contributed by atoms with Gasteiger partial charge in [-0.05, 0) is 23.8 Å². The molecule has 3 rings (SSSR count). The number of nitrogens with one attached hydrogen (secondary N) is 1. The molecule has 2 N–H and O–H groups in total. The first-order valence-corrected chi connectivity index (χ1v) is 6.39. The number of benzene rings is 1. The minimum absolute atomic E-state index is 0.000463. The topological polar surface area (TPSA) is 91.3 Å². The van der Waals surface area contributed by atoms with Gasteiger partial charge in [0.05, 0.1) is 5.56 Å². The lowest BCUT2D eigenvalue weighted by molar-refractivity contribution is -0.139. The summed E-state index contributed by atoms with van der Waals surface area (Å²) in [5.74, 6) is -3.34. The van der Waals surface area contributed by atoms with Crippen LogP contribution in [0.5, 0.6) is 5.75 Å². The molecule has 24 heavy (non-hydrogen) atoms. The van der Waals surface area contributed by atoms with Gasteiger partial charge in [-0.2, -0.15) is 18.3 Å². The molecule has 2 aromatic heterocycles. The summed E-state index contributed by atoms with van der Waals surface area (Å²) in [4.78, 5) is 15.1. The molecule has 0 aliphatic heterocycles. The van der Waals surface area contributed by atoms with Crippen LogP contribution < -0.4 is 5.73 Å². The number of nitrogens with zero attached hydrogens (tertiary/aromatic N) is 3. The standard InChI is InChI=1S/C14H7F4N4O2/c15-9-2-1-6(3-8(9)14(16,17)18)7-4-10(23)11(12(19)24)22-13(7)20-5-21-22/h1-5,19,23H. The van der Waals surface area contributed by atoms with Crippen molar-refractivity contribution >= 4 is 11.6 Å². The van der Waals surface area contributed by atoms with E-state index in [1.54, 1.807) is 0 Å². The zero-order valence-electron chi connectivity index (χ0n) is 11.6. The predicted molar refractivity (Wildman–Crippen MR) is 72.5 cm³/mol. The third kappa shape index (κ3) is 2.41. The SMILES string of the molecule is [NH]C(=O)c1c(O)cc(-c2ccc(F)c(C(F)(F)F)c2)c2ncnn12. The van der Waals surface area contributed by atoms with Gasteiger partial charge in [-0.15, -0.1) is 0 Å². The maximum atomic E-state index is 13.4. The maximum absolute atomic E-state index is 13.4. The Labute approximate surface area is 131 Å². The van der Waals surface area contributed by atoms with Gasteiger partial charge in [-0.25, -0.2) is 13.9 Å². The van der Waals surface area contributed by atoms with Crippen molar-refractivity contribution in [2.45, 2.75) is 6.18 Å². The number of pyridine rings is 1. The molecule has 1 amide bonds. The van der Waals surface area contributed by atoms with Crippen LogP contribution in [0.4, 0.5) is 17.6 Å². The summed E-state index contributed by atoms with van der Waals surface area (Å²) >= 11 is 0. The summed E-state index contributed by atoms with van der Waals surface area (Å²) in [5.41, 5.74) is 5.02. The Balaban J connectivity index is 2.31. The monoisotopic (exact) mass is 339 g/mol. The minimum atomic E-state index is -4.90.